The van der Waals surface area contributed by atoms with Crippen LogP contribution in [0.1, 0.15) is 12.8 Å². The van der Waals surface area contributed by atoms with Crippen LogP contribution in [0, 0.1) is 5.92 Å². The highest BCUT2D eigenvalue weighted by atomic mass is 16.5. The Morgan fingerprint density at radius 3 is 2.69 bits per heavy atom. The number of ether oxygens (including phenoxy) is 1. The van der Waals surface area contributed by atoms with Gasteiger partial charge in [-0.1, -0.05) is 0 Å². The van der Waals surface area contributed by atoms with E-state index in [1.165, 1.54) is 7.11 Å². The molecule has 0 aromatic heterocycles. The Kier molecular flexibility index (Phi) is 4.73. The molecule has 1 heterocycles. The fraction of sp³-hybridized carbons (Fsp3) is 0.818. The van der Waals surface area contributed by atoms with Crippen molar-refractivity contribution >= 4 is 11.9 Å². The van der Waals surface area contributed by atoms with Gasteiger partial charge in [0.15, 0.2) is 0 Å². The lowest BCUT2D eigenvalue weighted by Crippen LogP contribution is -2.44. The number of likely N-dealkylation sites (tertiary alicyclic amines) is 1. The third-order valence-electron chi connectivity index (χ3n) is 2.88. The summed E-state index contributed by atoms with van der Waals surface area (Å²) in [6.07, 6.45) is 1.87. The number of carbonyl (C=O) groups excluding carboxylic acids is 2. The number of carbonyl (C=O) groups is 2. The Labute approximate surface area is 96.3 Å². The molecular formula is C11H20N2O3. The molecule has 1 aliphatic heterocycles. The lowest BCUT2D eigenvalue weighted by atomic mass is 9.97. The second kappa shape index (κ2) is 5.84. The third kappa shape index (κ3) is 3.48. The molecule has 0 bridgehead atoms. The van der Waals surface area contributed by atoms with Crippen molar-refractivity contribution < 1.29 is 14.3 Å². The summed E-state index contributed by atoms with van der Waals surface area (Å²) in [5.74, 6) is -0.0686. The van der Waals surface area contributed by atoms with Crippen LogP contribution in [0.5, 0.6) is 0 Å². The molecule has 0 aromatic rings. The van der Waals surface area contributed by atoms with Gasteiger partial charge >= 0.3 is 5.97 Å². The van der Waals surface area contributed by atoms with Gasteiger partial charge in [-0.2, -0.15) is 0 Å². The van der Waals surface area contributed by atoms with Gasteiger partial charge in [0.05, 0.1) is 19.6 Å². The quantitative estimate of drug-likeness (QED) is 0.636. The van der Waals surface area contributed by atoms with E-state index < -0.39 is 0 Å². The second-order valence-corrected chi connectivity index (χ2v) is 4.38. The topological polar surface area (TPSA) is 49.9 Å². The van der Waals surface area contributed by atoms with Crippen LogP contribution in [0.25, 0.3) is 0 Å². The zero-order valence-electron chi connectivity index (χ0n) is 10.2. The molecule has 1 saturated heterocycles. The van der Waals surface area contributed by atoms with Crippen molar-refractivity contribution in [2.75, 3.05) is 40.8 Å². The minimum atomic E-state index is -0.238. The Morgan fingerprint density at radius 2 is 2.12 bits per heavy atom. The normalized spacial score (nSPS) is 21.6. The fourth-order valence-corrected chi connectivity index (χ4v) is 2.01. The molecule has 1 aliphatic rings. The van der Waals surface area contributed by atoms with Crippen LogP contribution in [0.2, 0.25) is 0 Å². The van der Waals surface area contributed by atoms with Crippen LogP contribution in [0.15, 0.2) is 0 Å². The van der Waals surface area contributed by atoms with Crippen molar-refractivity contribution in [3.63, 3.8) is 0 Å². The fourth-order valence-electron chi connectivity index (χ4n) is 2.01. The van der Waals surface area contributed by atoms with Gasteiger partial charge in [0, 0.05) is 20.6 Å². The summed E-state index contributed by atoms with van der Waals surface area (Å²) in [6, 6.07) is 0. The van der Waals surface area contributed by atoms with E-state index >= 15 is 0 Å². The molecule has 0 saturated carbocycles. The highest BCUT2D eigenvalue weighted by Crippen LogP contribution is 2.17. The summed E-state index contributed by atoms with van der Waals surface area (Å²) in [7, 11) is 4.91. The summed E-state index contributed by atoms with van der Waals surface area (Å²) in [6.45, 7) is 1.81. The SMILES string of the molecule is COC(=O)CN1CCCC(C(=O)N(C)C)C1. The Morgan fingerprint density at radius 1 is 1.44 bits per heavy atom. The van der Waals surface area contributed by atoms with Gasteiger partial charge in [0.25, 0.3) is 0 Å². The summed E-state index contributed by atoms with van der Waals surface area (Å²) in [5, 5.41) is 0. The molecule has 1 fully saturated rings. The summed E-state index contributed by atoms with van der Waals surface area (Å²) in [5.41, 5.74) is 0. The van der Waals surface area contributed by atoms with Crippen molar-refractivity contribution in [3.8, 4) is 0 Å². The molecule has 1 unspecified atom stereocenters. The third-order valence-corrected chi connectivity index (χ3v) is 2.88. The van der Waals surface area contributed by atoms with E-state index in [9.17, 15) is 9.59 Å². The van der Waals surface area contributed by atoms with E-state index in [-0.39, 0.29) is 24.3 Å². The van der Waals surface area contributed by atoms with E-state index in [0.717, 1.165) is 19.4 Å². The molecule has 1 rings (SSSR count). The van der Waals surface area contributed by atoms with Crippen molar-refractivity contribution in [1.82, 2.24) is 9.80 Å². The number of rotatable bonds is 3. The maximum Gasteiger partial charge on any atom is 0.319 e. The zero-order valence-corrected chi connectivity index (χ0v) is 10.2. The molecule has 5 nitrogen and oxygen atoms in total. The number of hydrogen-bond donors (Lipinski definition) is 0. The summed E-state index contributed by atoms with van der Waals surface area (Å²) >= 11 is 0. The molecular weight excluding hydrogens is 208 g/mol. The van der Waals surface area contributed by atoms with Crippen molar-refractivity contribution in [1.29, 1.82) is 0 Å². The van der Waals surface area contributed by atoms with E-state index in [0.29, 0.717) is 6.54 Å². The van der Waals surface area contributed by atoms with Gasteiger partial charge < -0.3 is 9.64 Å². The Balaban J connectivity index is 2.47. The Hall–Kier alpha value is -1.10. The summed E-state index contributed by atoms with van der Waals surface area (Å²) in [4.78, 5) is 26.5. The predicted molar refractivity (Wildman–Crippen MR) is 59.9 cm³/mol. The molecule has 92 valence electrons. The van der Waals surface area contributed by atoms with Crippen LogP contribution in [0.4, 0.5) is 0 Å². The number of methoxy groups -OCH3 is 1. The predicted octanol–water partition coefficient (Wildman–Crippen LogP) is -0.0404. The monoisotopic (exact) mass is 228 g/mol. The van der Waals surface area contributed by atoms with Gasteiger partial charge in [-0.15, -0.1) is 0 Å². The van der Waals surface area contributed by atoms with E-state index in [1.54, 1.807) is 19.0 Å². The van der Waals surface area contributed by atoms with Gasteiger partial charge in [0.2, 0.25) is 5.91 Å². The van der Waals surface area contributed by atoms with Crippen molar-refractivity contribution in [3.05, 3.63) is 0 Å². The highest BCUT2D eigenvalue weighted by Gasteiger charge is 2.27. The molecule has 0 aliphatic carbocycles. The van der Waals surface area contributed by atoms with Gasteiger partial charge in [-0.3, -0.25) is 14.5 Å². The van der Waals surface area contributed by atoms with Crippen LogP contribution >= 0.6 is 0 Å². The number of nitrogens with zero attached hydrogens (tertiary/aromatic N) is 2. The average Bonchev–Trinajstić information content (AvgIpc) is 2.28. The van der Waals surface area contributed by atoms with Gasteiger partial charge in [-0.25, -0.2) is 0 Å². The van der Waals surface area contributed by atoms with E-state index in [1.807, 2.05) is 4.90 Å². The first kappa shape index (κ1) is 13.0. The maximum absolute atomic E-state index is 11.8. The van der Waals surface area contributed by atoms with Crippen LogP contribution in [0.3, 0.4) is 0 Å². The standard InChI is InChI=1S/C11H20N2O3/c1-12(2)11(15)9-5-4-6-13(7-9)8-10(14)16-3/h9H,4-8H2,1-3H3. The minimum absolute atomic E-state index is 0.0217. The molecule has 1 atom stereocenters. The highest BCUT2D eigenvalue weighted by molar-refractivity contribution is 5.78. The number of esters is 1. The van der Waals surface area contributed by atoms with Crippen LogP contribution in [-0.2, 0) is 14.3 Å². The average molecular weight is 228 g/mol. The molecule has 0 spiro atoms. The van der Waals surface area contributed by atoms with Crippen LogP contribution < -0.4 is 0 Å². The first-order chi connectivity index (χ1) is 7.54. The molecule has 16 heavy (non-hydrogen) atoms. The first-order valence-electron chi connectivity index (χ1n) is 5.55. The second-order valence-electron chi connectivity index (χ2n) is 4.38. The van der Waals surface area contributed by atoms with Gasteiger partial charge in [-0.05, 0) is 19.4 Å². The summed E-state index contributed by atoms with van der Waals surface area (Å²) < 4.78 is 4.62. The van der Waals surface area contributed by atoms with Gasteiger partial charge in [0.1, 0.15) is 0 Å². The van der Waals surface area contributed by atoms with E-state index in [2.05, 4.69) is 4.74 Å². The number of hydrogen-bond acceptors (Lipinski definition) is 4. The first-order valence-corrected chi connectivity index (χ1v) is 5.55. The lowest BCUT2D eigenvalue weighted by molar-refractivity contribution is -0.144. The maximum atomic E-state index is 11.8. The van der Waals surface area contributed by atoms with Crippen LogP contribution in [-0.4, -0.2) is 62.5 Å². The lowest BCUT2D eigenvalue weighted by Gasteiger charge is -2.32. The number of amides is 1. The number of piperidine rings is 1. The van der Waals surface area contributed by atoms with Crippen molar-refractivity contribution in [2.45, 2.75) is 12.8 Å². The zero-order chi connectivity index (χ0) is 12.1. The minimum Gasteiger partial charge on any atom is -0.468 e. The van der Waals surface area contributed by atoms with Crippen molar-refractivity contribution in [2.24, 2.45) is 5.92 Å². The Bertz CT molecular complexity index is 266. The largest absolute Gasteiger partial charge is 0.468 e. The molecule has 0 aromatic carbocycles. The van der Waals surface area contributed by atoms with E-state index in [4.69, 9.17) is 0 Å². The molecule has 1 amide bonds. The molecule has 0 N–H and O–H groups in total. The molecule has 0 radical (unpaired) electrons. The smallest absolute Gasteiger partial charge is 0.319 e. The molecule has 5 heteroatoms.